The van der Waals surface area contributed by atoms with Crippen molar-refractivity contribution >= 4 is 5.97 Å². The molecule has 0 fully saturated rings. The summed E-state index contributed by atoms with van der Waals surface area (Å²) in [4.78, 5) is 11.8. The molecule has 2 N–H and O–H groups in total. The maximum Gasteiger partial charge on any atom is 0.407 e. The zero-order valence-electron chi connectivity index (χ0n) is 11.6. The highest BCUT2D eigenvalue weighted by atomic mass is 19.4. The molecule has 0 bridgehead atoms. The maximum atomic E-state index is 12.7. The highest BCUT2D eigenvalue weighted by Gasteiger charge is 2.47. The van der Waals surface area contributed by atoms with E-state index in [2.05, 4.69) is 0 Å². The van der Waals surface area contributed by atoms with Gasteiger partial charge in [0, 0.05) is 0 Å². The number of nitrogens with two attached hydrogens (primary N) is 1. The molecule has 0 aliphatic carbocycles. The summed E-state index contributed by atoms with van der Waals surface area (Å²) in [5.41, 5.74) is 5.10. The Morgan fingerprint density at radius 1 is 1.29 bits per heavy atom. The predicted molar refractivity (Wildman–Crippen MR) is 70.8 cm³/mol. The Hall–Kier alpha value is -1.76. The van der Waals surface area contributed by atoms with Crippen molar-refractivity contribution in [1.82, 2.24) is 0 Å². The Morgan fingerprint density at radius 2 is 1.90 bits per heavy atom. The highest BCUT2D eigenvalue weighted by Crippen LogP contribution is 2.24. The van der Waals surface area contributed by atoms with Gasteiger partial charge < -0.3 is 15.2 Å². The lowest BCUT2D eigenvalue weighted by Gasteiger charge is -2.25. The van der Waals surface area contributed by atoms with Crippen LogP contribution in [0.1, 0.15) is 19.8 Å². The molecule has 0 unspecified atom stereocenters. The number of unbranched alkanes of at least 4 members (excludes halogenated alkanes) is 1. The molecule has 0 radical (unpaired) electrons. The van der Waals surface area contributed by atoms with Gasteiger partial charge in [0.1, 0.15) is 11.8 Å². The van der Waals surface area contributed by atoms with E-state index in [-0.39, 0.29) is 12.4 Å². The number of esters is 1. The van der Waals surface area contributed by atoms with Crippen LogP contribution in [0.4, 0.5) is 13.2 Å². The maximum absolute atomic E-state index is 12.7. The fourth-order valence-corrected chi connectivity index (χ4v) is 1.48. The number of carbonyl (C=O) groups is 1. The summed E-state index contributed by atoms with van der Waals surface area (Å²) in [6.45, 7) is 1.90. The van der Waals surface area contributed by atoms with Gasteiger partial charge in [-0.2, -0.15) is 13.2 Å². The predicted octanol–water partition coefficient (Wildman–Crippen LogP) is 2.67. The van der Waals surface area contributed by atoms with Gasteiger partial charge in [0.25, 0.3) is 0 Å². The molecule has 1 aromatic rings. The molecule has 0 aliphatic rings. The molecule has 0 heterocycles. The zero-order chi connectivity index (χ0) is 15.9. The van der Waals surface area contributed by atoms with Crippen molar-refractivity contribution in [3.05, 3.63) is 30.3 Å². The summed E-state index contributed by atoms with van der Waals surface area (Å²) in [7, 11) is 0. The Labute approximate surface area is 121 Å². The molecule has 21 heavy (non-hydrogen) atoms. The SMILES string of the molecule is CCCCOC(=O)[C@H](Oc1ccccc1)[C@@H](N)C(F)(F)F. The van der Waals surface area contributed by atoms with Crippen LogP contribution in [0.2, 0.25) is 0 Å². The van der Waals surface area contributed by atoms with E-state index in [1.54, 1.807) is 18.2 Å². The van der Waals surface area contributed by atoms with Crippen LogP contribution in [0.5, 0.6) is 5.75 Å². The van der Waals surface area contributed by atoms with Crippen molar-refractivity contribution in [2.75, 3.05) is 6.61 Å². The Morgan fingerprint density at radius 3 is 2.43 bits per heavy atom. The molecule has 0 aromatic heterocycles. The first kappa shape index (κ1) is 17.3. The van der Waals surface area contributed by atoms with E-state index in [0.29, 0.717) is 6.42 Å². The topological polar surface area (TPSA) is 61.5 Å². The van der Waals surface area contributed by atoms with Gasteiger partial charge in [-0.3, -0.25) is 0 Å². The van der Waals surface area contributed by atoms with Crippen LogP contribution in [0.3, 0.4) is 0 Å². The number of hydrogen-bond acceptors (Lipinski definition) is 4. The Balaban J connectivity index is 2.81. The minimum absolute atomic E-state index is 0.0363. The fourth-order valence-electron chi connectivity index (χ4n) is 1.48. The van der Waals surface area contributed by atoms with Crippen LogP contribution in [0.15, 0.2) is 30.3 Å². The molecular formula is C14H18F3NO3. The molecule has 118 valence electrons. The molecule has 0 amide bonds. The van der Waals surface area contributed by atoms with Crippen molar-refractivity contribution < 1.29 is 27.4 Å². The van der Waals surface area contributed by atoms with Gasteiger partial charge in [0.2, 0.25) is 6.10 Å². The van der Waals surface area contributed by atoms with Gasteiger partial charge in [0.05, 0.1) is 6.61 Å². The van der Waals surface area contributed by atoms with Gasteiger partial charge in [-0.15, -0.1) is 0 Å². The number of alkyl halides is 3. The fraction of sp³-hybridized carbons (Fsp3) is 0.500. The summed E-state index contributed by atoms with van der Waals surface area (Å²) in [5.74, 6) is -0.994. The molecule has 0 spiro atoms. The summed E-state index contributed by atoms with van der Waals surface area (Å²) in [5, 5.41) is 0. The Kier molecular flexibility index (Phi) is 6.48. The van der Waals surface area contributed by atoms with Gasteiger partial charge >= 0.3 is 12.1 Å². The van der Waals surface area contributed by atoms with Crippen LogP contribution in [-0.2, 0) is 9.53 Å². The van der Waals surface area contributed by atoms with E-state index in [1.165, 1.54) is 12.1 Å². The van der Waals surface area contributed by atoms with Crippen LogP contribution in [0, 0.1) is 0 Å². The molecule has 0 saturated carbocycles. The molecule has 2 atom stereocenters. The lowest BCUT2D eigenvalue weighted by molar-refractivity contribution is -0.183. The van der Waals surface area contributed by atoms with Gasteiger partial charge in [-0.05, 0) is 18.6 Å². The second-order valence-electron chi connectivity index (χ2n) is 4.44. The number of halogens is 3. The van der Waals surface area contributed by atoms with E-state index in [4.69, 9.17) is 15.2 Å². The first-order chi connectivity index (χ1) is 9.86. The number of para-hydroxylation sites is 1. The second kappa shape index (κ2) is 7.87. The largest absolute Gasteiger partial charge is 0.477 e. The van der Waals surface area contributed by atoms with E-state index in [1.807, 2.05) is 6.92 Å². The molecule has 1 rings (SSSR count). The molecule has 1 aromatic carbocycles. The molecule has 0 saturated heterocycles. The quantitative estimate of drug-likeness (QED) is 0.621. The number of hydrogen-bond donors (Lipinski definition) is 1. The second-order valence-corrected chi connectivity index (χ2v) is 4.44. The van der Waals surface area contributed by atoms with E-state index in [0.717, 1.165) is 6.42 Å². The smallest absolute Gasteiger partial charge is 0.407 e. The average molecular weight is 305 g/mol. The van der Waals surface area contributed by atoms with E-state index in [9.17, 15) is 18.0 Å². The monoisotopic (exact) mass is 305 g/mol. The first-order valence-corrected chi connectivity index (χ1v) is 6.57. The average Bonchev–Trinajstić information content (AvgIpc) is 2.44. The number of ether oxygens (including phenoxy) is 2. The van der Waals surface area contributed by atoms with Crippen LogP contribution < -0.4 is 10.5 Å². The summed E-state index contributed by atoms with van der Waals surface area (Å²) in [6, 6.07) is 5.25. The van der Waals surface area contributed by atoms with Crippen LogP contribution >= 0.6 is 0 Å². The third-order valence-corrected chi connectivity index (χ3v) is 2.68. The highest BCUT2D eigenvalue weighted by molar-refractivity contribution is 5.76. The molecule has 7 heteroatoms. The first-order valence-electron chi connectivity index (χ1n) is 6.57. The van der Waals surface area contributed by atoms with Crippen molar-refractivity contribution in [2.45, 2.75) is 38.1 Å². The third kappa shape index (κ3) is 5.63. The summed E-state index contributed by atoms with van der Waals surface area (Å²) >= 11 is 0. The number of carbonyl (C=O) groups excluding carboxylic acids is 1. The standard InChI is InChI=1S/C14H18F3NO3/c1-2-3-9-20-13(19)11(12(18)14(15,16)17)21-10-7-5-4-6-8-10/h4-8,11-12H,2-3,9,18H2,1H3/t11-,12-/m1/s1. The molecule has 4 nitrogen and oxygen atoms in total. The lowest BCUT2D eigenvalue weighted by atomic mass is 10.1. The number of rotatable bonds is 7. The minimum Gasteiger partial charge on any atom is -0.477 e. The summed E-state index contributed by atoms with van der Waals surface area (Å²) < 4.78 is 48.1. The van der Waals surface area contributed by atoms with Crippen molar-refractivity contribution in [2.24, 2.45) is 5.73 Å². The minimum atomic E-state index is -4.76. The number of benzene rings is 1. The zero-order valence-corrected chi connectivity index (χ0v) is 11.6. The third-order valence-electron chi connectivity index (χ3n) is 2.68. The van der Waals surface area contributed by atoms with Crippen molar-refractivity contribution in [3.8, 4) is 5.75 Å². The Bertz CT molecular complexity index is 437. The summed E-state index contributed by atoms with van der Waals surface area (Å²) in [6.07, 6.45) is -5.37. The molecular weight excluding hydrogens is 287 g/mol. The van der Waals surface area contributed by atoms with Crippen LogP contribution in [-0.4, -0.2) is 30.9 Å². The van der Waals surface area contributed by atoms with Crippen LogP contribution in [0.25, 0.3) is 0 Å². The van der Waals surface area contributed by atoms with Crippen molar-refractivity contribution in [3.63, 3.8) is 0 Å². The normalized spacial score (nSPS) is 14.3. The van der Waals surface area contributed by atoms with Crippen molar-refractivity contribution in [1.29, 1.82) is 0 Å². The van der Waals surface area contributed by atoms with Gasteiger partial charge in [-0.1, -0.05) is 31.5 Å². The van der Waals surface area contributed by atoms with E-state index >= 15 is 0 Å². The lowest BCUT2D eigenvalue weighted by Crippen LogP contribution is -2.53. The van der Waals surface area contributed by atoms with Gasteiger partial charge in [-0.25, -0.2) is 4.79 Å². The molecule has 0 aliphatic heterocycles. The van der Waals surface area contributed by atoms with Gasteiger partial charge in [0.15, 0.2) is 0 Å². The van der Waals surface area contributed by atoms with E-state index < -0.39 is 24.3 Å².